The number of nitrogens with zero attached hydrogens (tertiary/aromatic N) is 2. The van der Waals surface area contributed by atoms with Crippen molar-refractivity contribution in [3.8, 4) is 0 Å². The van der Waals surface area contributed by atoms with Crippen molar-refractivity contribution in [3.63, 3.8) is 0 Å². The molecule has 0 unspecified atom stereocenters. The van der Waals surface area contributed by atoms with Gasteiger partial charge < -0.3 is 4.90 Å². The molecule has 0 amide bonds. The molecule has 0 aromatic carbocycles. The lowest BCUT2D eigenvalue weighted by Gasteiger charge is -2.29. The maximum Gasteiger partial charge on any atom is 0.126 e. The molecular formula is C12H20N2. The summed E-state index contributed by atoms with van der Waals surface area (Å²) in [6.07, 6.45) is 9.82. The van der Waals surface area contributed by atoms with Crippen molar-refractivity contribution < 1.29 is 0 Å². The lowest BCUT2D eigenvalue weighted by atomic mass is 10.1. The number of likely N-dealkylation sites (tertiary alicyclic amines) is 1. The summed E-state index contributed by atoms with van der Waals surface area (Å²) in [5, 5.41) is 0. The predicted octanol–water partition coefficient (Wildman–Crippen LogP) is 2.96. The van der Waals surface area contributed by atoms with Gasteiger partial charge in [-0.1, -0.05) is 0 Å². The summed E-state index contributed by atoms with van der Waals surface area (Å²) in [6.45, 7) is 4.67. The standard InChI is InChI=1S/C12H20N2/c1-11-7-3-4-8-13-12(11)14-9-5-2-6-10-14/h8H,2-7,9-10H2,1H3. The number of hydrogen-bond donors (Lipinski definition) is 0. The van der Waals surface area contributed by atoms with Crippen molar-refractivity contribution in [3.05, 3.63) is 11.4 Å². The van der Waals surface area contributed by atoms with E-state index in [1.54, 1.807) is 0 Å². The van der Waals surface area contributed by atoms with Gasteiger partial charge in [0.15, 0.2) is 0 Å². The first-order valence-corrected chi connectivity index (χ1v) is 5.85. The van der Waals surface area contributed by atoms with Crippen LogP contribution >= 0.6 is 0 Å². The monoisotopic (exact) mass is 192 g/mol. The highest BCUT2D eigenvalue weighted by atomic mass is 15.2. The summed E-state index contributed by atoms with van der Waals surface area (Å²) in [7, 11) is 0. The van der Waals surface area contributed by atoms with Crippen LogP contribution < -0.4 is 0 Å². The topological polar surface area (TPSA) is 15.6 Å². The summed E-state index contributed by atoms with van der Waals surface area (Å²) in [5.41, 5.74) is 1.49. The quantitative estimate of drug-likeness (QED) is 0.623. The van der Waals surface area contributed by atoms with E-state index in [-0.39, 0.29) is 0 Å². The van der Waals surface area contributed by atoms with Gasteiger partial charge in [0, 0.05) is 19.3 Å². The average Bonchev–Trinajstić information content (AvgIpc) is 2.44. The molecule has 1 saturated heterocycles. The van der Waals surface area contributed by atoms with Crippen molar-refractivity contribution in [2.45, 2.75) is 45.4 Å². The summed E-state index contributed by atoms with van der Waals surface area (Å²) in [6, 6.07) is 0. The highest BCUT2D eigenvalue weighted by Crippen LogP contribution is 2.22. The minimum atomic E-state index is 1.15. The maximum absolute atomic E-state index is 4.61. The molecule has 2 aliphatic rings. The van der Waals surface area contributed by atoms with E-state index in [0.29, 0.717) is 0 Å². The zero-order chi connectivity index (χ0) is 9.80. The summed E-state index contributed by atoms with van der Waals surface area (Å²) < 4.78 is 0. The Morgan fingerprint density at radius 1 is 1.14 bits per heavy atom. The summed E-state index contributed by atoms with van der Waals surface area (Å²) in [5.74, 6) is 1.28. The first-order valence-electron chi connectivity index (χ1n) is 5.85. The van der Waals surface area contributed by atoms with E-state index < -0.39 is 0 Å². The maximum atomic E-state index is 4.61. The molecular weight excluding hydrogens is 172 g/mol. The van der Waals surface area contributed by atoms with Gasteiger partial charge in [-0.15, -0.1) is 0 Å². The Morgan fingerprint density at radius 2 is 1.93 bits per heavy atom. The number of allylic oxidation sites excluding steroid dienone is 1. The normalized spacial score (nSPS) is 23.9. The number of piperidine rings is 1. The Hall–Kier alpha value is -0.790. The summed E-state index contributed by atoms with van der Waals surface area (Å²) >= 11 is 0. The van der Waals surface area contributed by atoms with Crippen LogP contribution in [0.1, 0.15) is 45.4 Å². The van der Waals surface area contributed by atoms with Crippen molar-refractivity contribution in [1.82, 2.24) is 4.90 Å². The number of rotatable bonds is 1. The molecule has 0 aromatic rings. The molecule has 0 aliphatic carbocycles. The van der Waals surface area contributed by atoms with Gasteiger partial charge in [-0.05, 0) is 51.0 Å². The van der Waals surface area contributed by atoms with Crippen LogP contribution in [0.15, 0.2) is 16.4 Å². The van der Waals surface area contributed by atoms with Crippen LogP contribution in [0.5, 0.6) is 0 Å². The largest absolute Gasteiger partial charge is 0.357 e. The van der Waals surface area contributed by atoms with E-state index in [0.717, 1.165) is 6.42 Å². The van der Waals surface area contributed by atoms with Crippen molar-refractivity contribution in [2.24, 2.45) is 4.99 Å². The van der Waals surface area contributed by atoms with Gasteiger partial charge in [-0.3, -0.25) is 0 Å². The van der Waals surface area contributed by atoms with Gasteiger partial charge in [0.25, 0.3) is 0 Å². The van der Waals surface area contributed by atoms with Crippen LogP contribution in [0.25, 0.3) is 0 Å². The second kappa shape index (κ2) is 4.63. The Labute approximate surface area is 86.7 Å². The summed E-state index contributed by atoms with van der Waals surface area (Å²) in [4.78, 5) is 7.08. The van der Waals surface area contributed by atoms with Crippen molar-refractivity contribution in [1.29, 1.82) is 0 Å². The first-order chi connectivity index (χ1) is 6.88. The highest BCUT2D eigenvalue weighted by Gasteiger charge is 2.15. The van der Waals surface area contributed by atoms with Gasteiger partial charge in [0.2, 0.25) is 0 Å². The molecule has 2 rings (SSSR count). The van der Waals surface area contributed by atoms with Gasteiger partial charge in [-0.2, -0.15) is 0 Å². The molecule has 14 heavy (non-hydrogen) atoms. The van der Waals surface area contributed by atoms with Crippen LogP contribution in [-0.4, -0.2) is 24.2 Å². The zero-order valence-corrected chi connectivity index (χ0v) is 9.13. The van der Waals surface area contributed by atoms with Gasteiger partial charge in [0.05, 0.1) is 0 Å². The van der Waals surface area contributed by atoms with Crippen LogP contribution in [0, 0.1) is 0 Å². The third-order valence-corrected chi connectivity index (χ3v) is 3.14. The van der Waals surface area contributed by atoms with Crippen LogP contribution in [0.2, 0.25) is 0 Å². The number of hydrogen-bond acceptors (Lipinski definition) is 2. The molecule has 0 aromatic heterocycles. The Bertz CT molecular complexity index is 247. The lowest BCUT2D eigenvalue weighted by Crippen LogP contribution is -2.29. The SMILES string of the molecule is CC1=C(N2CCCCC2)N=CCCC1. The molecule has 0 saturated carbocycles. The van der Waals surface area contributed by atoms with E-state index in [1.165, 1.54) is 56.6 Å². The molecule has 2 heterocycles. The fraction of sp³-hybridized carbons (Fsp3) is 0.750. The fourth-order valence-corrected chi connectivity index (χ4v) is 2.29. The minimum absolute atomic E-state index is 1.15. The predicted molar refractivity (Wildman–Crippen MR) is 60.5 cm³/mol. The molecule has 78 valence electrons. The molecule has 0 radical (unpaired) electrons. The van der Waals surface area contributed by atoms with Crippen LogP contribution in [-0.2, 0) is 0 Å². The second-order valence-electron chi connectivity index (χ2n) is 4.36. The third-order valence-electron chi connectivity index (χ3n) is 3.14. The molecule has 2 heteroatoms. The second-order valence-corrected chi connectivity index (χ2v) is 4.36. The highest BCUT2D eigenvalue weighted by molar-refractivity contribution is 5.59. The first kappa shape index (κ1) is 9.75. The van der Waals surface area contributed by atoms with Crippen molar-refractivity contribution >= 4 is 6.21 Å². The molecule has 0 spiro atoms. The number of aliphatic imine (C=N–C) groups is 1. The van der Waals surface area contributed by atoms with E-state index in [4.69, 9.17) is 0 Å². The van der Waals surface area contributed by atoms with Gasteiger partial charge in [0.1, 0.15) is 5.82 Å². The van der Waals surface area contributed by atoms with E-state index in [2.05, 4.69) is 23.0 Å². The smallest absolute Gasteiger partial charge is 0.126 e. The van der Waals surface area contributed by atoms with Gasteiger partial charge >= 0.3 is 0 Å². The fourth-order valence-electron chi connectivity index (χ4n) is 2.29. The lowest BCUT2D eigenvalue weighted by molar-refractivity contribution is 0.280. The Balaban J connectivity index is 2.11. The molecule has 0 atom stereocenters. The van der Waals surface area contributed by atoms with E-state index in [1.807, 2.05) is 0 Å². The van der Waals surface area contributed by atoms with Crippen LogP contribution in [0.4, 0.5) is 0 Å². The average molecular weight is 192 g/mol. The third kappa shape index (κ3) is 2.17. The van der Waals surface area contributed by atoms with E-state index in [9.17, 15) is 0 Å². The Morgan fingerprint density at radius 3 is 2.71 bits per heavy atom. The zero-order valence-electron chi connectivity index (χ0n) is 9.13. The molecule has 2 aliphatic heterocycles. The van der Waals surface area contributed by atoms with Crippen molar-refractivity contribution in [2.75, 3.05) is 13.1 Å². The van der Waals surface area contributed by atoms with E-state index >= 15 is 0 Å². The molecule has 2 nitrogen and oxygen atoms in total. The Kier molecular flexibility index (Phi) is 3.22. The molecule has 0 bridgehead atoms. The molecule has 0 N–H and O–H groups in total. The van der Waals surface area contributed by atoms with Gasteiger partial charge in [-0.25, -0.2) is 4.99 Å². The van der Waals surface area contributed by atoms with Crippen LogP contribution in [0.3, 0.4) is 0 Å². The minimum Gasteiger partial charge on any atom is -0.357 e. The molecule has 1 fully saturated rings.